The van der Waals surface area contributed by atoms with Crippen LogP contribution in [0.15, 0.2) is 22.8 Å². The molecule has 3 heteroatoms. The fourth-order valence-electron chi connectivity index (χ4n) is 0.571. The first-order valence-electron chi connectivity index (χ1n) is 2.65. The number of rotatable bonds is 2. The topological polar surface area (TPSA) is 50.2 Å². The minimum atomic E-state index is 0.538. The van der Waals surface area contributed by atoms with Crippen LogP contribution in [0.2, 0.25) is 0 Å². The van der Waals surface area contributed by atoms with Crippen LogP contribution in [-0.4, -0.2) is 6.21 Å². The first kappa shape index (κ1) is 5.88. The molecule has 0 fully saturated rings. The van der Waals surface area contributed by atoms with Crippen LogP contribution in [0.4, 0.5) is 0 Å². The monoisotopic (exact) mass is 125 g/mol. The third-order valence-electron chi connectivity index (χ3n) is 0.967. The summed E-state index contributed by atoms with van der Waals surface area (Å²) in [5.41, 5.74) is 0. The van der Waals surface area contributed by atoms with E-state index in [1.54, 1.807) is 17.5 Å². The van der Waals surface area contributed by atoms with Crippen molar-refractivity contribution < 1.29 is 9.57 Å². The Morgan fingerprint density at radius 2 is 2.67 bits per heavy atom. The molecule has 0 radical (unpaired) electrons. The molecule has 0 saturated heterocycles. The van der Waals surface area contributed by atoms with E-state index in [2.05, 4.69) is 0 Å². The van der Waals surface area contributed by atoms with Crippen molar-refractivity contribution in [1.29, 1.82) is 0 Å². The smallest absolute Gasteiger partial charge is 0.156 e. The largest absolute Gasteiger partial charge is 0.626 e. The Bertz CT molecular complexity index is 179. The molecular weight excluding hydrogens is 118 g/mol. The quantitative estimate of drug-likeness (QED) is 0.328. The normalized spacial score (nSPS) is 10.7. The summed E-state index contributed by atoms with van der Waals surface area (Å²) in [6.45, 7) is 0. The van der Waals surface area contributed by atoms with Gasteiger partial charge in [0.15, 0.2) is 6.21 Å². The summed E-state index contributed by atoms with van der Waals surface area (Å²) in [6, 6.07) is 3.60. The second-order valence-electron chi connectivity index (χ2n) is 1.61. The molecule has 0 unspecified atom stereocenters. The highest BCUT2D eigenvalue weighted by atomic mass is 16.4. The molecule has 1 aromatic heterocycles. The van der Waals surface area contributed by atoms with E-state index in [-0.39, 0.29) is 0 Å². The Labute approximate surface area is 52.6 Å². The highest BCUT2D eigenvalue weighted by Crippen LogP contribution is 1.97. The van der Waals surface area contributed by atoms with Crippen LogP contribution in [0.5, 0.6) is 0 Å². The molecule has 1 heterocycles. The summed E-state index contributed by atoms with van der Waals surface area (Å²) in [5, 5.41) is 11.3. The lowest BCUT2D eigenvalue weighted by molar-refractivity contribution is -0.368. The zero-order valence-corrected chi connectivity index (χ0v) is 4.83. The second-order valence-corrected chi connectivity index (χ2v) is 1.61. The van der Waals surface area contributed by atoms with E-state index >= 15 is 0 Å². The van der Waals surface area contributed by atoms with Gasteiger partial charge >= 0.3 is 0 Å². The molecule has 0 saturated carbocycles. The van der Waals surface area contributed by atoms with Gasteiger partial charge in [0.05, 0.1) is 12.7 Å². The zero-order valence-electron chi connectivity index (χ0n) is 4.83. The van der Waals surface area contributed by atoms with E-state index in [0.717, 1.165) is 5.76 Å². The standard InChI is InChI=1S/C6H7NO2/c8-7-4-3-6-2-1-5-9-6/h1-2,4-5,7H,3H2. The van der Waals surface area contributed by atoms with Gasteiger partial charge < -0.3 is 9.62 Å². The minimum Gasteiger partial charge on any atom is -0.626 e. The fraction of sp³-hybridized carbons (Fsp3) is 0.167. The van der Waals surface area contributed by atoms with Crippen LogP contribution >= 0.6 is 0 Å². The van der Waals surface area contributed by atoms with Gasteiger partial charge in [-0.1, -0.05) is 0 Å². The molecule has 0 aromatic carbocycles. The molecule has 3 nitrogen and oxygen atoms in total. The summed E-state index contributed by atoms with van der Waals surface area (Å²) >= 11 is 0. The molecule has 0 aliphatic rings. The highest BCUT2D eigenvalue weighted by molar-refractivity contribution is 5.53. The molecule has 0 amide bonds. The van der Waals surface area contributed by atoms with Gasteiger partial charge in [-0.15, -0.1) is 0 Å². The van der Waals surface area contributed by atoms with Crippen molar-refractivity contribution in [3.05, 3.63) is 29.4 Å². The van der Waals surface area contributed by atoms with Crippen molar-refractivity contribution in [2.24, 2.45) is 0 Å². The lowest BCUT2D eigenvalue weighted by Gasteiger charge is -1.82. The predicted octanol–water partition coefficient (Wildman–Crippen LogP) is -0.529. The maximum atomic E-state index is 9.68. The van der Waals surface area contributed by atoms with Gasteiger partial charge in [0.25, 0.3) is 0 Å². The van der Waals surface area contributed by atoms with E-state index in [4.69, 9.17) is 4.42 Å². The van der Waals surface area contributed by atoms with Crippen molar-refractivity contribution in [3.8, 4) is 0 Å². The predicted molar refractivity (Wildman–Crippen MR) is 32.8 cm³/mol. The van der Waals surface area contributed by atoms with Crippen LogP contribution in [0.1, 0.15) is 5.76 Å². The minimum absolute atomic E-state index is 0.538. The van der Waals surface area contributed by atoms with Gasteiger partial charge in [0.2, 0.25) is 0 Å². The van der Waals surface area contributed by atoms with E-state index < -0.39 is 0 Å². The molecule has 0 aliphatic heterocycles. The third kappa shape index (κ3) is 1.60. The van der Waals surface area contributed by atoms with Gasteiger partial charge in [-0.05, 0) is 12.1 Å². The number of hydrogen-bond donors (Lipinski definition) is 1. The van der Waals surface area contributed by atoms with Crippen molar-refractivity contribution in [3.63, 3.8) is 0 Å². The molecule has 0 aliphatic carbocycles. The number of nitrogens with one attached hydrogen (secondary N) is 1. The first-order chi connectivity index (χ1) is 4.43. The Balaban J connectivity index is 2.48. The van der Waals surface area contributed by atoms with Gasteiger partial charge in [0, 0.05) is 0 Å². The van der Waals surface area contributed by atoms with Crippen molar-refractivity contribution in [1.82, 2.24) is 0 Å². The van der Waals surface area contributed by atoms with Crippen LogP contribution in [0.3, 0.4) is 0 Å². The number of furan rings is 1. The molecule has 9 heavy (non-hydrogen) atoms. The summed E-state index contributed by atoms with van der Waals surface area (Å²) in [4.78, 5) is 0. The van der Waals surface area contributed by atoms with Crippen molar-refractivity contribution in [2.75, 3.05) is 0 Å². The molecule has 0 bridgehead atoms. The van der Waals surface area contributed by atoms with Crippen LogP contribution in [-0.2, 0) is 6.42 Å². The van der Waals surface area contributed by atoms with Crippen molar-refractivity contribution >= 4 is 6.21 Å². The summed E-state index contributed by atoms with van der Waals surface area (Å²) < 4.78 is 4.93. The first-order valence-corrected chi connectivity index (χ1v) is 2.65. The summed E-state index contributed by atoms with van der Waals surface area (Å²) in [5.74, 6) is 0.790. The Kier molecular flexibility index (Phi) is 1.90. The maximum absolute atomic E-state index is 9.68. The van der Waals surface area contributed by atoms with Gasteiger partial charge in [-0.3, -0.25) is 0 Å². The average Bonchev–Trinajstić information content (AvgIpc) is 2.34. The van der Waals surface area contributed by atoms with E-state index in [0.29, 0.717) is 6.42 Å². The van der Waals surface area contributed by atoms with E-state index in [9.17, 15) is 5.21 Å². The average molecular weight is 125 g/mol. The second kappa shape index (κ2) is 2.91. The Morgan fingerprint density at radius 1 is 1.78 bits per heavy atom. The lowest BCUT2D eigenvalue weighted by Crippen LogP contribution is -2.60. The summed E-state index contributed by atoms with van der Waals surface area (Å²) in [7, 11) is 0. The molecule has 1 rings (SSSR count). The van der Waals surface area contributed by atoms with Gasteiger partial charge in [0.1, 0.15) is 5.76 Å². The van der Waals surface area contributed by atoms with Crippen LogP contribution in [0, 0.1) is 5.21 Å². The third-order valence-corrected chi connectivity index (χ3v) is 0.967. The summed E-state index contributed by atoms with van der Waals surface area (Å²) in [6.07, 6.45) is 3.50. The van der Waals surface area contributed by atoms with Crippen molar-refractivity contribution in [2.45, 2.75) is 6.42 Å². The molecular formula is C6H7NO2. The zero-order chi connectivity index (χ0) is 6.53. The molecule has 48 valence electrons. The Hall–Kier alpha value is -1.25. The van der Waals surface area contributed by atoms with E-state index in [1.807, 2.05) is 6.07 Å². The maximum Gasteiger partial charge on any atom is 0.156 e. The lowest BCUT2D eigenvalue weighted by atomic mass is 10.3. The van der Waals surface area contributed by atoms with Gasteiger partial charge in [-0.25, -0.2) is 5.16 Å². The molecule has 1 N–H and O–H groups in total. The number of hydrogen-bond acceptors (Lipinski definition) is 2. The van der Waals surface area contributed by atoms with E-state index in [1.165, 1.54) is 6.21 Å². The SMILES string of the molecule is [O-][NH+]=CCc1ccco1. The Morgan fingerprint density at radius 3 is 3.22 bits per heavy atom. The molecule has 1 aromatic rings. The fourth-order valence-corrected chi connectivity index (χ4v) is 0.571. The van der Waals surface area contributed by atoms with Crippen LogP contribution < -0.4 is 5.16 Å². The van der Waals surface area contributed by atoms with Gasteiger partial charge in [-0.2, -0.15) is 0 Å². The highest BCUT2D eigenvalue weighted by Gasteiger charge is 1.90. The van der Waals surface area contributed by atoms with Crippen LogP contribution in [0.25, 0.3) is 0 Å². The molecule has 0 spiro atoms. The molecule has 0 atom stereocenters.